The summed E-state index contributed by atoms with van der Waals surface area (Å²) < 4.78 is 44.7. The van der Waals surface area contributed by atoms with E-state index in [1.807, 2.05) is 6.92 Å². The number of aromatic nitrogens is 3. The summed E-state index contributed by atoms with van der Waals surface area (Å²) in [6.45, 7) is 3.26. The lowest BCUT2D eigenvalue weighted by molar-refractivity contribution is -0.138. The van der Waals surface area contributed by atoms with Crippen molar-refractivity contribution in [1.82, 2.24) is 19.9 Å². The highest BCUT2D eigenvalue weighted by molar-refractivity contribution is 5.80. The van der Waals surface area contributed by atoms with Crippen molar-refractivity contribution >= 4 is 28.9 Å². The van der Waals surface area contributed by atoms with Crippen LogP contribution in [0.4, 0.5) is 23.8 Å². The molecular formula is C25H28F3N5O4. The Balaban J connectivity index is 1.36. The van der Waals surface area contributed by atoms with Gasteiger partial charge in [0.2, 0.25) is 0 Å². The highest BCUT2D eigenvalue weighted by Crippen LogP contribution is 2.33. The summed E-state index contributed by atoms with van der Waals surface area (Å²) in [6.07, 6.45) is -0.848. The first-order valence-corrected chi connectivity index (χ1v) is 12.1. The van der Waals surface area contributed by atoms with Crippen LogP contribution in [0, 0.1) is 0 Å². The van der Waals surface area contributed by atoms with E-state index in [4.69, 9.17) is 9.84 Å². The van der Waals surface area contributed by atoms with Crippen molar-refractivity contribution in [3.8, 4) is 11.4 Å². The third kappa shape index (κ3) is 6.30. The van der Waals surface area contributed by atoms with Crippen molar-refractivity contribution in [3.05, 3.63) is 42.1 Å². The van der Waals surface area contributed by atoms with Gasteiger partial charge < -0.3 is 25.0 Å². The number of aromatic amines is 1. The van der Waals surface area contributed by atoms with Gasteiger partial charge in [0, 0.05) is 37.7 Å². The molecule has 3 N–H and O–H groups in total. The number of fused-ring (bicyclic) bond motifs is 1. The molecular weight excluding hydrogens is 491 g/mol. The SMILES string of the molecule is CCCC1(CCNc2ccc(-c3nc4ccc(C(F)(F)F)cc4[nH]3)cn2)CN(CCCC(=O)O)C(=O)O1. The number of carbonyl (C=O) groups excluding carboxylic acids is 1. The zero-order valence-corrected chi connectivity index (χ0v) is 20.3. The molecule has 198 valence electrons. The van der Waals surface area contributed by atoms with Gasteiger partial charge in [0.05, 0.1) is 23.1 Å². The van der Waals surface area contributed by atoms with Crippen LogP contribution in [0.5, 0.6) is 0 Å². The van der Waals surface area contributed by atoms with Crippen molar-refractivity contribution < 1.29 is 32.6 Å². The molecule has 37 heavy (non-hydrogen) atoms. The summed E-state index contributed by atoms with van der Waals surface area (Å²) in [4.78, 5) is 36.3. The molecule has 3 aromatic rings. The molecule has 1 fully saturated rings. The monoisotopic (exact) mass is 519 g/mol. The Bertz CT molecular complexity index is 1260. The fraction of sp³-hybridized carbons (Fsp3) is 0.440. The largest absolute Gasteiger partial charge is 0.481 e. The van der Waals surface area contributed by atoms with Gasteiger partial charge in [-0.2, -0.15) is 13.2 Å². The van der Waals surface area contributed by atoms with Crippen molar-refractivity contribution in [1.29, 1.82) is 0 Å². The van der Waals surface area contributed by atoms with Crippen LogP contribution in [0.25, 0.3) is 22.4 Å². The number of nitrogens with one attached hydrogen (secondary N) is 2. The highest BCUT2D eigenvalue weighted by Gasteiger charge is 2.43. The summed E-state index contributed by atoms with van der Waals surface area (Å²) in [5, 5.41) is 12.0. The predicted octanol–water partition coefficient (Wildman–Crippen LogP) is 5.30. The Kier molecular flexibility index (Phi) is 7.55. The molecule has 0 aliphatic carbocycles. The van der Waals surface area contributed by atoms with Crippen molar-refractivity contribution in [3.63, 3.8) is 0 Å². The molecule has 1 aliphatic heterocycles. The van der Waals surface area contributed by atoms with Gasteiger partial charge in [-0.05, 0) is 43.2 Å². The van der Waals surface area contributed by atoms with Crippen molar-refractivity contribution in [2.45, 2.75) is 50.8 Å². The minimum atomic E-state index is -4.43. The van der Waals surface area contributed by atoms with Crippen LogP contribution in [0.2, 0.25) is 0 Å². The van der Waals surface area contributed by atoms with Gasteiger partial charge in [-0.25, -0.2) is 14.8 Å². The van der Waals surface area contributed by atoms with Gasteiger partial charge in [0.25, 0.3) is 0 Å². The van der Waals surface area contributed by atoms with Crippen LogP contribution < -0.4 is 5.32 Å². The second-order valence-corrected chi connectivity index (χ2v) is 9.14. The minimum Gasteiger partial charge on any atom is -0.481 e. The predicted molar refractivity (Wildman–Crippen MR) is 130 cm³/mol. The van der Waals surface area contributed by atoms with Crippen LogP contribution in [0.15, 0.2) is 36.5 Å². The third-order valence-electron chi connectivity index (χ3n) is 6.30. The summed E-state index contributed by atoms with van der Waals surface area (Å²) in [7, 11) is 0. The number of carbonyl (C=O) groups is 2. The number of nitrogens with zero attached hydrogens (tertiary/aromatic N) is 3. The number of imidazole rings is 1. The third-order valence-corrected chi connectivity index (χ3v) is 6.30. The Morgan fingerprint density at radius 3 is 2.76 bits per heavy atom. The average Bonchev–Trinajstić information content (AvgIpc) is 3.39. The maximum atomic E-state index is 13.0. The number of H-pyrrole nitrogens is 1. The topological polar surface area (TPSA) is 120 Å². The first-order valence-electron chi connectivity index (χ1n) is 12.1. The quantitative estimate of drug-likeness (QED) is 0.314. The maximum Gasteiger partial charge on any atom is 0.416 e. The number of benzene rings is 1. The fourth-order valence-corrected chi connectivity index (χ4v) is 4.51. The van der Waals surface area contributed by atoms with E-state index >= 15 is 0 Å². The second kappa shape index (κ2) is 10.7. The number of rotatable bonds is 11. The van der Waals surface area contributed by atoms with E-state index in [0.29, 0.717) is 61.6 Å². The molecule has 1 atom stereocenters. The second-order valence-electron chi connectivity index (χ2n) is 9.14. The number of anilines is 1. The molecule has 1 aliphatic rings. The van der Waals surface area contributed by atoms with E-state index in [9.17, 15) is 22.8 Å². The summed E-state index contributed by atoms with van der Waals surface area (Å²) in [5.74, 6) is 0.107. The van der Waals surface area contributed by atoms with E-state index in [1.165, 1.54) is 6.07 Å². The lowest BCUT2D eigenvalue weighted by Crippen LogP contribution is -2.36. The fourth-order valence-electron chi connectivity index (χ4n) is 4.51. The molecule has 1 saturated heterocycles. The van der Waals surface area contributed by atoms with Crippen LogP contribution in [0.3, 0.4) is 0 Å². The zero-order chi connectivity index (χ0) is 26.6. The molecule has 9 nitrogen and oxygen atoms in total. The lowest BCUT2D eigenvalue weighted by atomic mass is 9.94. The standard InChI is InChI=1S/C25H28F3N5O4/c1-2-9-24(15-33(23(36)37-24)12-3-4-21(34)35)10-11-29-20-8-5-16(14-30-20)22-31-18-7-6-17(25(26,27)28)13-19(18)32-22/h5-8,13-14H,2-4,9-12,15H2,1H3,(H,29,30)(H,31,32)(H,34,35). The number of amides is 1. The zero-order valence-electron chi connectivity index (χ0n) is 20.3. The molecule has 0 spiro atoms. The van der Waals surface area contributed by atoms with E-state index in [0.717, 1.165) is 18.6 Å². The molecule has 3 heterocycles. The molecule has 1 amide bonds. The van der Waals surface area contributed by atoms with Gasteiger partial charge in [-0.1, -0.05) is 13.3 Å². The number of aliphatic carboxylic acids is 1. The van der Waals surface area contributed by atoms with Gasteiger partial charge in [0.15, 0.2) is 0 Å². The number of hydrogen-bond acceptors (Lipinski definition) is 6. The Hall–Kier alpha value is -3.83. The van der Waals surface area contributed by atoms with E-state index < -0.39 is 29.4 Å². The summed E-state index contributed by atoms with van der Waals surface area (Å²) in [6, 6.07) is 6.87. The minimum absolute atomic E-state index is 0.00357. The summed E-state index contributed by atoms with van der Waals surface area (Å²) >= 11 is 0. The molecule has 0 saturated carbocycles. The highest BCUT2D eigenvalue weighted by atomic mass is 19.4. The number of halogens is 3. The Morgan fingerprint density at radius 1 is 1.27 bits per heavy atom. The van der Waals surface area contributed by atoms with Crippen molar-refractivity contribution in [2.75, 3.05) is 25.0 Å². The molecule has 0 bridgehead atoms. The lowest BCUT2D eigenvalue weighted by Gasteiger charge is -2.26. The number of carboxylic acid groups (broad SMARTS) is 1. The van der Waals surface area contributed by atoms with Gasteiger partial charge in [-0.15, -0.1) is 0 Å². The molecule has 2 aromatic heterocycles. The molecule has 1 aromatic carbocycles. The number of pyridine rings is 1. The Morgan fingerprint density at radius 2 is 2.08 bits per heavy atom. The molecule has 1 unspecified atom stereocenters. The van der Waals surface area contributed by atoms with E-state index in [1.54, 1.807) is 23.2 Å². The van der Waals surface area contributed by atoms with Crippen molar-refractivity contribution in [2.24, 2.45) is 0 Å². The maximum absolute atomic E-state index is 13.0. The number of hydrogen-bond donors (Lipinski definition) is 3. The number of carboxylic acids is 1. The van der Waals surface area contributed by atoms with Crippen LogP contribution >= 0.6 is 0 Å². The van der Waals surface area contributed by atoms with E-state index in [2.05, 4.69) is 20.3 Å². The first-order chi connectivity index (χ1) is 17.6. The van der Waals surface area contributed by atoms with E-state index in [-0.39, 0.29) is 11.9 Å². The first kappa shape index (κ1) is 26.2. The number of cyclic esters (lactones) is 1. The van der Waals surface area contributed by atoms with Gasteiger partial charge >= 0.3 is 18.2 Å². The van der Waals surface area contributed by atoms with Crippen LogP contribution in [0.1, 0.15) is 44.6 Å². The average molecular weight is 520 g/mol. The molecule has 0 radical (unpaired) electrons. The molecule has 4 rings (SSSR count). The summed E-state index contributed by atoms with van der Waals surface area (Å²) in [5.41, 5.74) is -0.0543. The Labute approximate surface area is 211 Å². The normalized spacial score (nSPS) is 17.8. The number of ether oxygens (including phenoxy) is 1. The molecule has 12 heteroatoms. The van der Waals surface area contributed by atoms with Crippen LogP contribution in [-0.2, 0) is 15.7 Å². The van der Waals surface area contributed by atoms with Gasteiger partial charge in [-0.3, -0.25) is 4.79 Å². The van der Waals surface area contributed by atoms with Gasteiger partial charge in [0.1, 0.15) is 17.2 Å². The van der Waals surface area contributed by atoms with Crippen LogP contribution in [-0.4, -0.2) is 62.3 Å². The number of alkyl halides is 3. The smallest absolute Gasteiger partial charge is 0.416 e.